The lowest BCUT2D eigenvalue weighted by molar-refractivity contribution is -0.120. The van der Waals surface area contributed by atoms with E-state index >= 15 is 0 Å². The molecule has 0 aromatic heterocycles. The van der Waals surface area contributed by atoms with Crippen LogP contribution < -0.4 is 10.6 Å². The fraction of sp³-hybridized carbons (Fsp3) is 0.750. The van der Waals surface area contributed by atoms with Crippen molar-refractivity contribution >= 4 is 5.91 Å². The number of hydrogen-bond donors (Lipinski definition) is 2. The van der Waals surface area contributed by atoms with Crippen LogP contribution in [0.1, 0.15) is 25.7 Å². The lowest BCUT2D eigenvalue weighted by Crippen LogP contribution is -2.41. The molecule has 0 spiro atoms. The maximum absolute atomic E-state index is 11.3. The van der Waals surface area contributed by atoms with Gasteiger partial charge in [-0.05, 0) is 25.7 Å². The number of carbonyl (C=O) groups excluding carboxylic acids is 1. The highest BCUT2D eigenvalue weighted by atomic mass is 16.5. The van der Waals surface area contributed by atoms with E-state index in [-0.39, 0.29) is 5.91 Å². The molecule has 0 bridgehead atoms. The zero-order valence-electron chi connectivity index (χ0n) is 10.00. The largest absolute Gasteiger partial charge is 0.381 e. The van der Waals surface area contributed by atoms with Crippen LogP contribution in [0.25, 0.3) is 0 Å². The summed E-state index contributed by atoms with van der Waals surface area (Å²) in [7, 11) is 1.77. The third-order valence-electron chi connectivity index (χ3n) is 3.00. The molecule has 1 aliphatic rings. The van der Waals surface area contributed by atoms with Crippen molar-refractivity contribution in [2.75, 3.05) is 20.2 Å². The summed E-state index contributed by atoms with van der Waals surface area (Å²) in [5.74, 6) is 0.0359. The number of rotatable bonds is 6. The van der Waals surface area contributed by atoms with E-state index in [9.17, 15) is 4.79 Å². The number of nitrogens with one attached hydrogen (secondary N) is 2. The summed E-state index contributed by atoms with van der Waals surface area (Å²) in [4.78, 5) is 11.3. The Morgan fingerprint density at radius 1 is 1.44 bits per heavy atom. The van der Waals surface area contributed by atoms with Crippen molar-refractivity contribution in [1.82, 2.24) is 10.6 Å². The van der Waals surface area contributed by atoms with Crippen molar-refractivity contribution in [3.8, 4) is 0 Å². The molecule has 4 nitrogen and oxygen atoms in total. The second-order valence-corrected chi connectivity index (χ2v) is 4.18. The lowest BCUT2D eigenvalue weighted by atomic mass is 9.93. The SMILES string of the molecule is C=CCNC(=O)CNC1CCC(OC)CC1. The predicted octanol–water partition coefficient (Wildman–Crippen LogP) is 0.836. The summed E-state index contributed by atoms with van der Waals surface area (Å²) in [5, 5.41) is 6.02. The average molecular weight is 226 g/mol. The van der Waals surface area contributed by atoms with Gasteiger partial charge < -0.3 is 15.4 Å². The van der Waals surface area contributed by atoms with Crippen LogP contribution in [0, 0.1) is 0 Å². The van der Waals surface area contributed by atoms with E-state index in [0.29, 0.717) is 25.2 Å². The first-order valence-corrected chi connectivity index (χ1v) is 5.90. The Morgan fingerprint density at radius 2 is 2.12 bits per heavy atom. The van der Waals surface area contributed by atoms with Gasteiger partial charge in [-0.25, -0.2) is 0 Å². The highest BCUT2D eigenvalue weighted by molar-refractivity contribution is 5.78. The highest BCUT2D eigenvalue weighted by Gasteiger charge is 2.20. The Labute approximate surface area is 97.4 Å². The van der Waals surface area contributed by atoms with Crippen molar-refractivity contribution in [2.24, 2.45) is 0 Å². The van der Waals surface area contributed by atoms with E-state index in [0.717, 1.165) is 25.7 Å². The molecule has 16 heavy (non-hydrogen) atoms. The van der Waals surface area contributed by atoms with Crippen LogP contribution in [-0.4, -0.2) is 38.3 Å². The number of carbonyl (C=O) groups is 1. The summed E-state index contributed by atoms with van der Waals surface area (Å²) in [6.45, 7) is 4.49. The van der Waals surface area contributed by atoms with Crippen molar-refractivity contribution in [2.45, 2.75) is 37.8 Å². The Kier molecular flexibility index (Phi) is 6.11. The van der Waals surface area contributed by atoms with E-state index in [4.69, 9.17) is 4.74 Å². The van der Waals surface area contributed by atoms with Crippen LogP contribution in [0.2, 0.25) is 0 Å². The summed E-state index contributed by atoms with van der Waals surface area (Å²) in [6.07, 6.45) is 6.44. The van der Waals surface area contributed by atoms with E-state index < -0.39 is 0 Å². The summed E-state index contributed by atoms with van der Waals surface area (Å²) in [6, 6.07) is 0.459. The molecule has 0 radical (unpaired) electrons. The molecule has 1 aliphatic carbocycles. The monoisotopic (exact) mass is 226 g/mol. The summed E-state index contributed by atoms with van der Waals surface area (Å²) < 4.78 is 5.30. The molecule has 0 heterocycles. The normalized spacial score (nSPS) is 25.1. The van der Waals surface area contributed by atoms with Crippen LogP contribution in [0.15, 0.2) is 12.7 Å². The van der Waals surface area contributed by atoms with Crippen LogP contribution in [0.4, 0.5) is 0 Å². The molecule has 0 aromatic rings. The number of hydrogen-bond acceptors (Lipinski definition) is 3. The topological polar surface area (TPSA) is 50.4 Å². The highest BCUT2D eigenvalue weighted by Crippen LogP contribution is 2.20. The minimum Gasteiger partial charge on any atom is -0.381 e. The first-order chi connectivity index (χ1) is 7.76. The molecule has 0 aliphatic heterocycles. The van der Waals surface area contributed by atoms with E-state index in [2.05, 4.69) is 17.2 Å². The molecule has 0 atom stereocenters. The average Bonchev–Trinajstić information content (AvgIpc) is 2.34. The molecule has 2 N–H and O–H groups in total. The van der Waals surface area contributed by atoms with Gasteiger partial charge in [0.2, 0.25) is 5.91 Å². The van der Waals surface area contributed by atoms with Gasteiger partial charge in [-0.15, -0.1) is 6.58 Å². The van der Waals surface area contributed by atoms with Gasteiger partial charge in [0.05, 0.1) is 12.6 Å². The third-order valence-corrected chi connectivity index (χ3v) is 3.00. The fourth-order valence-electron chi connectivity index (χ4n) is 1.99. The maximum Gasteiger partial charge on any atom is 0.234 e. The first-order valence-electron chi connectivity index (χ1n) is 5.90. The molecular weight excluding hydrogens is 204 g/mol. The number of amides is 1. The molecule has 4 heteroatoms. The quantitative estimate of drug-likeness (QED) is 0.660. The van der Waals surface area contributed by atoms with Gasteiger partial charge in [0.1, 0.15) is 0 Å². The Hall–Kier alpha value is -0.870. The van der Waals surface area contributed by atoms with Crippen molar-refractivity contribution in [3.63, 3.8) is 0 Å². The second kappa shape index (κ2) is 7.41. The minimum atomic E-state index is 0.0359. The standard InChI is InChI=1S/C12H22N2O2/c1-3-8-13-12(15)9-14-10-4-6-11(16-2)7-5-10/h3,10-11,14H,1,4-9H2,2H3,(H,13,15). The maximum atomic E-state index is 11.3. The van der Waals surface area contributed by atoms with E-state index in [1.807, 2.05) is 0 Å². The van der Waals surface area contributed by atoms with E-state index in [1.54, 1.807) is 13.2 Å². The lowest BCUT2D eigenvalue weighted by Gasteiger charge is -2.28. The Bertz CT molecular complexity index is 223. The molecule has 1 saturated carbocycles. The first kappa shape index (κ1) is 13.2. The predicted molar refractivity (Wildman–Crippen MR) is 64.3 cm³/mol. The van der Waals surface area contributed by atoms with Gasteiger partial charge in [0.15, 0.2) is 0 Å². The zero-order chi connectivity index (χ0) is 11.8. The van der Waals surface area contributed by atoms with Gasteiger partial charge in [0, 0.05) is 19.7 Å². The van der Waals surface area contributed by atoms with Gasteiger partial charge in [-0.1, -0.05) is 6.08 Å². The zero-order valence-corrected chi connectivity index (χ0v) is 10.00. The molecule has 0 unspecified atom stereocenters. The smallest absolute Gasteiger partial charge is 0.234 e. The van der Waals surface area contributed by atoms with Gasteiger partial charge >= 0.3 is 0 Å². The molecule has 1 rings (SSSR count). The van der Waals surface area contributed by atoms with Gasteiger partial charge in [-0.3, -0.25) is 4.79 Å². The van der Waals surface area contributed by atoms with Crippen molar-refractivity contribution in [3.05, 3.63) is 12.7 Å². The van der Waals surface area contributed by atoms with Gasteiger partial charge in [-0.2, -0.15) is 0 Å². The Morgan fingerprint density at radius 3 is 2.69 bits per heavy atom. The van der Waals surface area contributed by atoms with Crippen LogP contribution in [-0.2, 0) is 9.53 Å². The summed E-state index contributed by atoms with van der Waals surface area (Å²) in [5.41, 5.74) is 0. The molecular formula is C12H22N2O2. The Balaban J connectivity index is 2.10. The summed E-state index contributed by atoms with van der Waals surface area (Å²) >= 11 is 0. The molecule has 0 saturated heterocycles. The molecule has 1 fully saturated rings. The second-order valence-electron chi connectivity index (χ2n) is 4.18. The van der Waals surface area contributed by atoms with E-state index in [1.165, 1.54) is 0 Å². The molecule has 92 valence electrons. The van der Waals surface area contributed by atoms with Crippen LogP contribution >= 0.6 is 0 Å². The van der Waals surface area contributed by atoms with Crippen molar-refractivity contribution in [1.29, 1.82) is 0 Å². The third kappa shape index (κ3) is 4.77. The molecule has 1 amide bonds. The molecule has 0 aromatic carbocycles. The van der Waals surface area contributed by atoms with Crippen molar-refractivity contribution < 1.29 is 9.53 Å². The van der Waals surface area contributed by atoms with Gasteiger partial charge in [0.25, 0.3) is 0 Å². The minimum absolute atomic E-state index is 0.0359. The number of methoxy groups -OCH3 is 1. The fourth-order valence-corrected chi connectivity index (χ4v) is 1.99. The van der Waals surface area contributed by atoms with Crippen LogP contribution in [0.5, 0.6) is 0 Å². The number of ether oxygens (including phenoxy) is 1. The van der Waals surface area contributed by atoms with Crippen LogP contribution in [0.3, 0.4) is 0 Å².